The topological polar surface area (TPSA) is 76.8 Å². The maximum absolute atomic E-state index is 12.9. The molecule has 0 saturated carbocycles. The summed E-state index contributed by atoms with van der Waals surface area (Å²) in [5, 5.41) is 8.96. The quantitative estimate of drug-likeness (QED) is 0.623. The number of carbonyl (C=O) groups is 1. The maximum Gasteiger partial charge on any atom is 0.260 e. The van der Waals surface area contributed by atoms with Crippen LogP contribution < -0.4 is 4.90 Å². The number of hydrogen-bond donors (Lipinski definition) is 0. The average molecular weight is 394 g/mol. The minimum absolute atomic E-state index is 0.0588. The Kier molecular flexibility index (Phi) is 3.61. The van der Waals surface area contributed by atoms with Crippen molar-refractivity contribution in [2.75, 3.05) is 4.90 Å². The van der Waals surface area contributed by atoms with E-state index in [0.717, 1.165) is 30.1 Å². The molecule has 0 aromatic carbocycles. The molecule has 28 heavy (non-hydrogen) atoms. The molecule has 0 fully saturated rings. The number of nitrogens with zero attached hydrogens (tertiary/aromatic N) is 6. The molecule has 0 saturated heterocycles. The molecule has 3 aromatic rings. The van der Waals surface area contributed by atoms with Crippen LogP contribution in [0, 0.1) is 6.92 Å². The van der Waals surface area contributed by atoms with Crippen molar-refractivity contribution >= 4 is 23.3 Å². The van der Waals surface area contributed by atoms with Crippen molar-refractivity contribution in [3.63, 3.8) is 0 Å². The average Bonchev–Trinajstić information content (AvgIpc) is 3.31. The zero-order chi connectivity index (χ0) is 19.6. The number of anilines is 1. The minimum Gasteiger partial charge on any atom is -0.304 e. The van der Waals surface area contributed by atoms with Gasteiger partial charge in [-0.05, 0) is 45.4 Å². The Morgan fingerprint density at radius 3 is 2.86 bits per heavy atom. The lowest BCUT2D eigenvalue weighted by Crippen LogP contribution is -2.25. The molecule has 1 radical (unpaired) electrons. The molecule has 2 aliphatic heterocycles. The van der Waals surface area contributed by atoms with Gasteiger partial charge in [0.05, 0.1) is 6.54 Å². The molecule has 0 unspecified atom stereocenters. The van der Waals surface area contributed by atoms with E-state index in [2.05, 4.69) is 40.5 Å². The predicted molar refractivity (Wildman–Crippen MR) is 105 cm³/mol. The van der Waals surface area contributed by atoms with Gasteiger partial charge in [-0.1, -0.05) is 17.7 Å². The lowest BCUT2D eigenvalue weighted by molar-refractivity contribution is 0.0996. The van der Waals surface area contributed by atoms with Crippen LogP contribution in [0.2, 0.25) is 5.15 Å². The number of carbonyl (C=O) groups excluding carboxylic acids is 1. The van der Waals surface area contributed by atoms with Crippen molar-refractivity contribution < 1.29 is 4.79 Å². The molecule has 2 aliphatic rings. The van der Waals surface area contributed by atoms with Gasteiger partial charge in [-0.2, -0.15) is 0 Å². The van der Waals surface area contributed by atoms with Gasteiger partial charge in [0.1, 0.15) is 22.5 Å². The number of aromatic nitrogens is 5. The molecule has 8 heteroatoms. The van der Waals surface area contributed by atoms with Crippen LogP contribution in [-0.4, -0.2) is 30.6 Å². The zero-order valence-corrected chi connectivity index (χ0v) is 16.4. The molecule has 1 amide bonds. The summed E-state index contributed by atoms with van der Waals surface area (Å²) in [6.07, 6.45) is 1.92. The summed E-state index contributed by atoms with van der Waals surface area (Å²) in [4.78, 5) is 23.4. The summed E-state index contributed by atoms with van der Waals surface area (Å²) < 4.78 is 2.15. The first-order valence-corrected chi connectivity index (χ1v) is 9.48. The van der Waals surface area contributed by atoms with Crippen molar-refractivity contribution in [2.24, 2.45) is 0 Å². The van der Waals surface area contributed by atoms with Crippen molar-refractivity contribution in [1.29, 1.82) is 0 Å². The predicted octanol–water partition coefficient (Wildman–Crippen LogP) is 3.41. The van der Waals surface area contributed by atoms with Crippen LogP contribution in [0.1, 0.15) is 47.7 Å². The van der Waals surface area contributed by atoms with Crippen LogP contribution in [0.4, 0.5) is 5.82 Å². The van der Waals surface area contributed by atoms with Gasteiger partial charge in [0.2, 0.25) is 0 Å². The number of fused-ring (bicyclic) bond motifs is 2. The van der Waals surface area contributed by atoms with Gasteiger partial charge in [0.15, 0.2) is 5.82 Å². The maximum atomic E-state index is 12.9. The summed E-state index contributed by atoms with van der Waals surface area (Å²) in [6, 6.07) is 7.19. The fourth-order valence-electron chi connectivity index (χ4n) is 4.03. The van der Waals surface area contributed by atoms with Crippen LogP contribution >= 0.6 is 11.6 Å². The third-order valence-electron chi connectivity index (χ3n) is 5.51. The second-order valence-electron chi connectivity index (χ2n) is 7.78. The Hall–Kier alpha value is -2.80. The van der Waals surface area contributed by atoms with E-state index in [9.17, 15) is 4.79 Å². The Morgan fingerprint density at radius 1 is 1.21 bits per heavy atom. The van der Waals surface area contributed by atoms with E-state index in [-0.39, 0.29) is 16.6 Å². The normalized spacial score (nSPS) is 17.1. The number of rotatable bonds is 2. The largest absolute Gasteiger partial charge is 0.304 e. The van der Waals surface area contributed by atoms with Crippen LogP contribution in [0.3, 0.4) is 0 Å². The molecule has 0 bridgehead atoms. The Balaban J connectivity index is 1.55. The van der Waals surface area contributed by atoms with Gasteiger partial charge in [0.25, 0.3) is 5.91 Å². The molecule has 0 atom stereocenters. The summed E-state index contributed by atoms with van der Waals surface area (Å²) in [6.45, 7) is 8.63. The summed E-state index contributed by atoms with van der Waals surface area (Å²) in [5.74, 6) is 2.10. The first-order valence-electron chi connectivity index (χ1n) is 9.10. The van der Waals surface area contributed by atoms with E-state index in [4.69, 9.17) is 16.6 Å². The molecule has 0 spiro atoms. The smallest absolute Gasteiger partial charge is 0.260 e. The fraction of sp³-hybridized carbons (Fsp3) is 0.300. The second-order valence-corrected chi connectivity index (χ2v) is 8.17. The Labute approximate surface area is 167 Å². The standard InChI is InChI=1S/C20H18ClN6O/c1-11-13-10-26(19(28)12(13)9-15(21)22-11)16-6-4-5-14(23-16)18-25-24-17-7-8-20(2,3)27(17)18/h4-6,9H,1,7-8,10H2,2-3H3. The van der Waals surface area contributed by atoms with E-state index < -0.39 is 0 Å². The first kappa shape index (κ1) is 17.3. The van der Waals surface area contributed by atoms with Gasteiger partial charge in [-0.25, -0.2) is 9.97 Å². The van der Waals surface area contributed by atoms with Gasteiger partial charge in [-0.15, -0.1) is 10.2 Å². The number of aryl methyl sites for hydroxylation is 1. The van der Waals surface area contributed by atoms with Gasteiger partial charge < -0.3 is 4.57 Å². The molecule has 0 N–H and O–H groups in total. The second kappa shape index (κ2) is 5.85. The van der Waals surface area contributed by atoms with E-state index in [0.29, 0.717) is 29.3 Å². The zero-order valence-electron chi connectivity index (χ0n) is 15.6. The van der Waals surface area contributed by atoms with Gasteiger partial charge >= 0.3 is 0 Å². The van der Waals surface area contributed by atoms with Crippen LogP contribution in [0.25, 0.3) is 11.5 Å². The number of halogens is 1. The van der Waals surface area contributed by atoms with E-state index in [1.54, 1.807) is 11.0 Å². The van der Waals surface area contributed by atoms with Crippen molar-refractivity contribution in [1.82, 2.24) is 24.7 Å². The van der Waals surface area contributed by atoms with Crippen LogP contribution in [0.15, 0.2) is 24.3 Å². The van der Waals surface area contributed by atoms with Gasteiger partial charge in [0, 0.05) is 28.8 Å². The van der Waals surface area contributed by atoms with Crippen LogP contribution in [0.5, 0.6) is 0 Å². The monoisotopic (exact) mass is 393 g/mol. The Morgan fingerprint density at radius 2 is 2.04 bits per heavy atom. The van der Waals surface area contributed by atoms with E-state index in [1.807, 2.05) is 18.2 Å². The minimum atomic E-state index is -0.152. The molecule has 7 nitrogen and oxygen atoms in total. The summed E-state index contributed by atoms with van der Waals surface area (Å²) >= 11 is 6.01. The molecular formula is C20H18ClN6O. The highest BCUT2D eigenvalue weighted by molar-refractivity contribution is 6.30. The molecular weight excluding hydrogens is 376 g/mol. The van der Waals surface area contributed by atoms with E-state index in [1.165, 1.54) is 0 Å². The molecule has 5 heterocycles. The SMILES string of the molecule is [CH2]c1nc(Cl)cc2c1CN(c1cccc(-c3nnc4n3C(C)(C)CC4)n1)C2=O. The number of amides is 1. The molecule has 0 aliphatic carbocycles. The Bertz CT molecular complexity index is 1140. The highest BCUT2D eigenvalue weighted by Gasteiger charge is 2.35. The van der Waals surface area contributed by atoms with Crippen LogP contribution in [-0.2, 0) is 18.5 Å². The lowest BCUT2D eigenvalue weighted by atomic mass is 10.0. The molecule has 5 rings (SSSR count). The first-order chi connectivity index (χ1) is 13.3. The van der Waals surface area contributed by atoms with Crippen molar-refractivity contribution in [3.05, 3.63) is 59.0 Å². The highest BCUT2D eigenvalue weighted by Crippen LogP contribution is 2.36. The molecule has 3 aromatic heterocycles. The third kappa shape index (κ3) is 2.46. The summed E-state index contributed by atoms with van der Waals surface area (Å²) in [7, 11) is 0. The van der Waals surface area contributed by atoms with Crippen molar-refractivity contribution in [3.8, 4) is 11.5 Å². The fourth-order valence-corrected chi connectivity index (χ4v) is 4.24. The molecule has 141 valence electrons. The van der Waals surface area contributed by atoms with Crippen molar-refractivity contribution in [2.45, 2.75) is 38.8 Å². The van der Waals surface area contributed by atoms with Gasteiger partial charge in [-0.3, -0.25) is 9.69 Å². The lowest BCUT2D eigenvalue weighted by Gasteiger charge is -2.22. The summed E-state index contributed by atoms with van der Waals surface area (Å²) in [5.41, 5.74) is 2.47. The number of hydrogen-bond acceptors (Lipinski definition) is 5. The third-order valence-corrected chi connectivity index (χ3v) is 5.70. The highest BCUT2D eigenvalue weighted by atomic mass is 35.5. The van der Waals surface area contributed by atoms with E-state index >= 15 is 0 Å². The number of pyridine rings is 2.